The van der Waals surface area contributed by atoms with Crippen LogP contribution >= 0.6 is 15.9 Å². The highest BCUT2D eigenvalue weighted by Gasteiger charge is 2.17. The van der Waals surface area contributed by atoms with Crippen LogP contribution in [0.15, 0.2) is 34.3 Å². The molecule has 0 atom stereocenters. The van der Waals surface area contributed by atoms with Gasteiger partial charge in [-0.25, -0.2) is 0 Å². The molecule has 0 radical (unpaired) electrons. The van der Waals surface area contributed by atoms with Gasteiger partial charge in [0.1, 0.15) is 0 Å². The Kier molecular flexibility index (Phi) is 5.76. The van der Waals surface area contributed by atoms with Gasteiger partial charge in [-0.2, -0.15) is 0 Å². The summed E-state index contributed by atoms with van der Waals surface area (Å²) in [5, 5.41) is 0. The molecule has 0 spiro atoms. The van der Waals surface area contributed by atoms with Crippen LogP contribution in [0.5, 0.6) is 0 Å². The highest BCUT2D eigenvalue weighted by molar-refractivity contribution is 9.10. The van der Waals surface area contributed by atoms with Gasteiger partial charge in [0.15, 0.2) is 0 Å². The van der Waals surface area contributed by atoms with E-state index in [-0.39, 0.29) is 0 Å². The van der Waals surface area contributed by atoms with Crippen molar-refractivity contribution in [2.45, 2.75) is 27.1 Å². The van der Waals surface area contributed by atoms with Crippen molar-refractivity contribution >= 4 is 33.9 Å². The van der Waals surface area contributed by atoms with Crippen LogP contribution in [0, 0.1) is 0 Å². The molecule has 0 heterocycles. The highest BCUT2D eigenvalue weighted by Crippen LogP contribution is 2.21. The van der Waals surface area contributed by atoms with Gasteiger partial charge >= 0.3 is 11.9 Å². The smallest absolute Gasteiger partial charge is 0.305 e. The molecule has 19 heavy (non-hydrogen) atoms. The molecular weight excluding hydrogens is 312 g/mol. The fraction of sp³-hybridized carbons (Fsp3) is 0.286. The van der Waals surface area contributed by atoms with E-state index in [1.807, 2.05) is 24.3 Å². The van der Waals surface area contributed by atoms with Gasteiger partial charge in [0.2, 0.25) is 0 Å². The first-order valence-corrected chi connectivity index (χ1v) is 6.46. The van der Waals surface area contributed by atoms with E-state index in [2.05, 4.69) is 15.9 Å². The number of ether oxygens (including phenoxy) is 2. The van der Waals surface area contributed by atoms with E-state index >= 15 is 0 Å². The van der Waals surface area contributed by atoms with Crippen molar-refractivity contribution in [3.63, 3.8) is 0 Å². The molecule has 0 saturated carbocycles. The van der Waals surface area contributed by atoms with Crippen LogP contribution in [0.4, 0.5) is 0 Å². The van der Waals surface area contributed by atoms with E-state index in [4.69, 9.17) is 9.47 Å². The summed E-state index contributed by atoms with van der Waals surface area (Å²) in [7, 11) is 0. The minimum atomic E-state index is -0.998. The molecular formula is C14H15BrO4. The number of hydrogen-bond donors (Lipinski definition) is 0. The molecule has 0 saturated heterocycles. The third kappa shape index (κ3) is 5.26. The van der Waals surface area contributed by atoms with E-state index in [0.29, 0.717) is 5.57 Å². The number of esters is 2. The number of carbonyl (C=O) groups is 2. The first-order valence-electron chi connectivity index (χ1n) is 5.67. The third-order valence-electron chi connectivity index (χ3n) is 2.21. The molecule has 0 amide bonds. The maximum Gasteiger partial charge on any atom is 0.305 e. The summed E-state index contributed by atoms with van der Waals surface area (Å²) in [5.74, 6) is -1.02. The Morgan fingerprint density at radius 2 is 1.63 bits per heavy atom. The summed E-state index contributed by atoms with van der Waals surface area (Å²) in [4.78, 5) is 22.0. The molecule has 0 bridgehead atoms. The number of carbonyl (C=O) groups excluding carboxylic acids is 2. The van der Waals surface area contributed by atoms with Gasteiger partial charge in [-0.15, -0.1) is 0 Å². The van der Waals surface area contributed by atoms with Gasteiger partial charge in [-0.1, -0.05) is 34.1 Å². The zero-order valence-electron chi connectivity index (χ0n) is 11.0. The largest absolute Gasteiger partial charge is 0.421 e. The Bertz CT molecular complexity index is 492. The zero-order chi connectivity index (χ0) is 14.4. The maximum absolute atomic E-state index is 11.0. The van der Waals surface area contributed by atoms with Gasteiger partial charge < -0.3 is 9.47 Å². The van der Waals surface area contributed by atoms with Crippen LogP contribution < -0.4 is 0 Å². The standard InChI is InChI=1S/C14H15BrO4/c1-9(8-12-6-4-5-7-13(12)15)14(18-10(2)16)19-11(3)17/h4-8,14H,1-3H3/b9-8+. The van der Waals surface area contributed by atoms with Gasteiger partial charge in [0, 0.05) is 23.9 Å². The molecule has 0 unspecified atom stereocenters. The topological polar surface area (TPSA) is 52.6 Å². The van der Waals surface area contributed by atoms with Crippen LogP contribution in [0.3, 0.4) is 0 Å². The van der Waals surface area contributed by atoms with E-state index in [1.165, 1.54) is 13.8 Å². The quantitative estimate of drug-likeness (QED) is 0.629. The molecule has 4 nitrogen and oxygen atoms in total. The lowest BCUT2D eigenvalue weighted by molar-refractivity contribution is -0.177. The highest BCUT2D eigenvalue weighted by atomic mass is 79.9. The first kappa shape index (κ1) is 15.4. The summed E-state index contributed by atoms with van der Waals surface area (Å²) in [6.07, 6.45) is 0.794. The van der Waals surface area contributed by atoms with Gasteiger partial charge in [-0.05, 0) is 24.6 Å². The summed E-state index contributed by atoms with van der Waals surface area (Å²) in [6, 6.07) is 7.57. The SMILES string of the molecule is CC(=O)OC(OC(C)=O)/C(C)=C/c1ccccc1Br. The average molecular weight is 327 g/mol. The van der Waals surface area contributed by atoms with Crippen LogP contribution in [-0.4, -0.2) is 18.2 Å². The van der Waals surface area contributed by atoms with E-state index in [1.54, 1.807) is 13.0 Å². The second-order valence-corrected chi connectivity index (χ2v) is 4.81. The van der Waals surface area contributed by atoms with E-state index in [9.17, 15) is 9.59 Å². The average Bonchev–Trinajstić information content (AvgIpc) is 2.30. The fourth-order valence-electron chi connectivity index (χ4n) is 1.42. The van der Waals surface area contributed by atoms with Crippen LogP contribution in [0.25, 0.3) is 6.08 Å². The van der Waals surface area contributed by atoms with Crippen molar-refractivity contribution in [1.29, 1.82) is 0 Å². The summed E-state index contributed by atoms with van der Waals surface area (Å²) < 4.78 is 10.8. The molecule has 102 valence electrons. The molecule has 0 aliphatic carbocycles. The monoisotopic (exact) mass is 326 g/mol. The number of halogens is 1. The Labute approximate surface area is 120 Å². The molecule has 1 aromatic carbocycles. The van der Waals surface area contributed by atoms with Gasteiger partial charge in [0.25, 0.3) is 6.29 Å². The summed E-state index contributed by atoms with van der Waals surface area (Å²) >= 11 is 3.42. The minimum Gasteiger partial charge on any atom is -0.421 e. The Morgan fingerprint density at radius 1 is 1.11 bits per heavy atom. The van der Waals surface area contributed by atoms with Gasteiger partial charge in [-0.3, -0.25) is 9.59 Å². The van der Waals surface area contributed by atoms with Gasteiger partial charge in [0.05, 0.1) is 0 Å². The number of hydrogen-bond acceptors (Lipinski definition) is 4. The second kappa shape index (κ2) is 7.09. The van der Waals surface area contributed by atoms with Crippen LogP contribution in [0.2, 0.25) is 0 Å². The van der Waals surface area contributed by atoms with Crippen molar-refractivity contribution in [1.82, 2.24) is 0 Å². The van der Waals surface area contributed by atoms with E-state index < -0.39 is 18.2 Å². The van der Waals surface area contributed by atoms with Crippen molar-refractivity contribution in [2.24, 2.45) is 0 Å². The molecule has 5 heteroatoms. The van der Waals surface area contributed by atoms with Crippen LogP contribution in [-0.2, 0) is 19.1 Å². The Hall–Kier alpha value is -1.62. The zero-order valence-corrected chi connectivity index (χ0v) is 12.6. The molecule has 0 aliphatic heterocycles. The van der Waals surface area contributed by atoms with Crippen LogP contribution in [0.1, 0.15) is 26.3 Å². The first-order chi connectivity index (χ1) is 8.90. The van der Waals surface area contributed by atoms with E-state index in [0.717, 1.165) is 10.0 Å². The molecule has 0 fully saturated rings. The lowest BCUT2D eigenvalue weighted by Gasteiger charge is -2.17. The lowest BCUT2D eigenvalue weighted by Crippen LogP contribution is -2.23. The lowest BCUT2D eigenvalue weighted by atomic mass is 10.1. The van der Waals surface area contributed by atoms with Crippen molar-refractivity contribution < 1.29 is 19.1 Å². The predicted octanol–water partition coefficient (Wildman–Crippen LogP) is 3.30. The maximum atomic E-state index is 11.0. The fourth-order valence-corrected chi connectivity index (χ4v) is 1.82. The minimum absolute atomic E-state index is 0.508. The second-order valence-electron chi connectivity index (χ2n) is 3.96. The predicted molar refractivity (Wildman–Crippen MR) is 75.1 cm³/mol. The molecule has 1 rings (SSSR count). The Morgan fingerprint density at radius 3 is 2.11 bits per heavy atom. The number of benzene rings is 1. The molecule has 0 aromatic heterocycles. The van der Waals surface area contributed by atoms with Crippen molar-refractivity contribution in [3.8, 4) is 0 Å². The van der Waals surface area contributed by atoms with Crippen molar-refractivity contribution in [2.75, 3.05) is 0 Å². The molecule has 1 aromatic rings. The summed E-state index contributed by atoms with van der Waals surface area (Å²) in [6.45, 7) is 4.26. The third-order valence-corrected chi connectivity index (χ3v) is 2.93. The number of rotatable bonds is 4. The Balaban J connectivity index is 2.98. The molecule has 0 N–H and O–H groups in total. The van der Waals surface area contributed by atoms with Crippen molar-refractivity contribution in [3.05, 3.63) is 39.9 Å². The normalized spacial score (nSPS) is 11.3. The molecule has 0 aliphatic rings. The summed E-state index contributed by atoms with van der Waals surface area (Å²) in [5.41, 5.74) is 1.53.